The van der Waals surface area contributed by atoms with E-state index in [1.807, 2.05) is 13.8 Å². The molecule has 0 fully saturated rings. The minimum atomic E-state index is -3.70. The third-order valence-electron chi connectivity index (χ3n) is 3.27. The standard InChI is InChI=1S/C12H16ClN3O2S/c1-3-8(4-2)12-15-19(17,18)11-6-5-9(13)7-10(11)16(12)14/h5-8H,3-4,14H2,1-2H3. The van der Waals surface area contributed by atoms with Crippen molar-refractivity contribution in [2.75, 3.05) is 5.01 Å². The number of anilines is 1. The first kappa shape index (κ1) is 14.3. The molecule has 0 atom stereocenters. The molecule has 0 aliphatic carbocycles. The lowest BCUT2D eigenvalue weighted by Gasteiger charge is -2.30. The fourth-order valence-electron chi connectivity index (χ4n) is 2.16. The van der Waals surface area contributed by atoms with Crippen LogP contribution in [0.4, 0.5) is 5.69 Å². The molecule has 0 spiro atoms. The Morgan fingerprint density at radius 2 is 2.00 bits per heavy atom. The van der Waals surface area contributed by atoms with E-state index in [4.69, 9.17) is 17.4 Å². The lowest BCUT2D eigenvalue weighted by Crippen LogP contribution is -2.45. The Morgan fingerprint density at radius 1 is 1.37 bits per heavy atom. The molecule has 0 bridgehead atoms. The van der Waals surface area contributed by atoms with E-state index in [1.165, 1.54) is 17.1 Å². The zero-order valence-corrected chi connectivity index (χ0v) is 12.4. The number of fused-ring (bicyclic) bond motifs is 1. The van der Waals surface area contributed by atoms with Crippen LogP contribution >= 0.6 is 11.6 Å². The highest BCUT2D eigenvalue weighted by molar-refractivity contribution is 7.90. The molecule has 0 aromatic heterocycles. The van der Waals surface area contributed by atoms with Gasteiger partial charge in [0.2, 0.25) is 0 Å². The molecule has 7 heteroatoms. The van der Waals surface area contributed by atoms with Gasteiger partial charge in [0.05, 0.1) is 5.69 Å². The molecular weight excluding hydrogens is 286 g/mol. The van der Waals surface area contributed by atoms with E-state index in [9.17, 15) is 8.42 Å². The molecule has 0 saturated heterocycles. The first-order valence-electron chi connectivity index (χ1n) is 6.10. The molecule has 0 radical (unpaired) electrons. The Bertz CT molecular complexity index is 624. The Hall–Kier alpha value is -1.11. The van der Waals surface area contributed by atoms with Crippen molar-refractivity contribution in [2.24, 2.45) is 16.2 Å². The summed E-state index contributed by atoms with van der Waals surface area (Å²) in [7, 11) is -3.70. The third-order valence-corrected chi connectivity index (χ3v) is 4.83. The van der Waals surface area contributed by atoms with Crippen LogP contribution in [-0.2, 0) is 10.0 Å². The lowest BCUT2D eigenvalue weighted by atomic mass is 10.0. The van der Waals surface area contributed by atoms with E-state index in [2.05, 4.69) is 4.40 Å². The number of nitrogens with two attached hydrogens (primary N) is 1. The summed E-state index contributed by atoms with van der Waals surface area (Å²) >= 11 is 5.91. The topological polar surface area (TPSA) is 75.8 Å². The van der Waals surface area contributed by atoms with Crippen LogP contribution in [0.15, 0.2) is 27.5 Å². The molecule has 0 unspecified atom stereocenters. The average Bonchev–Trinajstić information content (AvgIpc) is 2.36. The second-order valence-electron chi connectivity index (χ2n) is 4.42. The van der Waals surface area contributed by atoms with Gasteiger partial charge in [0, 0.05) is 10.9 Å². The van der Waals surface area contributed by atoms with Crippen molar-refractivity contribution in [1.29, 1.82) is 0 Å². The van der Waals surface area contributed by atoms with Crippen LogP contribution in [-0.4, -0.2) is 14.3 Å². The third kappa shape index (κ3) is 2.48. The van der Waals surface area contributed by atoms with E-state index >= 15 is 0 Å². The number of benzene rings is 1. The van der Waals surface area contributed by atoms with Gasteiger partial charge in [-0.05, 0) is 31.0 Å². The second kappa shape index (κ2) is 5.11. The molecule has 1 aliphatic rings. The Morgan fingerprint density at radius 3 is 2.58 bits per heavy atom. The van der Waals surface area contributed by atoms with Crippen molar-refractivity contribution >= 4 is 33.1 Å². The number of amidine groups is 1. The van der Waals surface area contributed by atoms with Crippen LogP contribution in [0.3, 0.4) is 0 Å². The van der Waals surface area contributed by atoms with Crippen LogP contribution in [0.1, 0.15) is 26.7 Å². The fourth-order valence-corrected chi connectivity index (χ4v) is 3.57. The zero-order chi connectivity index (χ0) is 14.2. The highest BCUT2D eigenvalue weighted by Crippen LogP contribution is 2.34. The highest BCUT2D eigenvalue weighted by Gasteiger charge is 2.32. The Balaban J connectivity index is 2.62. The second-order valence-corrected chi connectivity index (χ2v) is 6.43. The van der Waals surface area contributed by atoms with Gasteiger partial charge in [-0.25, -0.2) is 5.84 Å². The van der Waals surface area contributed by atoms with E-state index < -0.39 is 10.0 Å². The van der Waals surface area contributed by atoms with Gasteiger partial charge in [0.1, 0.15) is 10.7 Å². The van der Waals surface area contributed by atoms with Gasteiger partial charge in [0.15, 0.2) is 0 Å². The van der Waals surface area contributed by atoms with Crippen molar-refractivity contribution < 1.29 is 8.42 Å². The van der Waals surface area contributed by atoms with Gasteiger partial charge in [-0.15, -0.1) is 4.40 Å². The van der Waals surface area contributed by atoms with Crippen LogP contribution in [0.5, 0.6) is 0 Å². The molecule has 1 aromatic carbocycles. The van der Waals surface area contributed by atoms with Crippen LogP contribution in [0.2, 0.25) is 5.02 Å². The van der Waals surface area contributed by atoms with Crippen LogP contribution < -0.4 is 10.9 Å². The lowest BCUT2D eigenvalue weighted by molar-refractivity contribution is 0.590. The van der Waals surface area contributed by atoms with E-state index in [0.29, 0.717) is 16.5 Å². The number of nitrogens with zero attached hydrogens (tertiary/aromatic N) is 2. The molecular formula is C12H16ClN3O2S. The summed E-state index contributed by atoms with van der Waals surface area (Å²) in [6.45, 7) is 3.95. The minimum Gasteiger partial charge on any atom is -0.263 e. The van der Waals surface area contributed by atoms with Gasteiger partial charge in [-0.1, -0.05) is 25.4 Å². The summed E-state index contributed by atoms with van der Waals surface area (Å²) in [6, 6.07) is 4.49. The number of halogens is 1. The summed E-state index contributed by atoms with van der Waals surface area (Å²) in [5.41, 5.74) is 0.379. The maximum absolute atomic E-state index is 12.2. The largest absolute Gasteiger partial charge is 0.286 e. The molecule has 1 aliphatic heterocycles. The number of hydrogen-bond acceptors (Lipinski definition) is 4. The van der Waals surface area contributed by atoms with Gasteiger partial charge < -0.3 is 0 Å². The van der Waals surface area contributed by atoms with Crippen molar-refractivity contribution in [3.8, 4) is 0 Å². The first-order chi connectivity index (χ1) is 8.90. The van der Waals surface area contributed by atoms with E-state index in [-0.39, 0.29) is 10.8 Å². The predicted molar refractivity (Wildman–Crippen MR) is 76.8 cm³/mol. The molecule has 5 nitrogen and oxygen atoms in total. The number of hydrazine groups is 1. The van der Waals surface area contributed by atoms with Crippen molar-refractivity contribution in [3.63, 3.8) is 0 Å². The molecule has 104 valence electrons. The molecule has 2 N–H and O–H groups in total. The van der Waals surface area contributed by atoms with E-state index in [1.54, 1.807) is 6.07 Å². The molecule has 1 heterocycles. The Labute approximate surface area is 118 Å². The van der Waals surface area contributed by atoms with E-state index in [0.717, 1.165) is 12.8 Å². The molecule has 1 aromatic rings. The first-order valence-corrected chi connectivity index (χ1v) is 7.91. The fraction of sp³-hybridized carbons (Fsp3) is 0.417. The van der Waals surface area contributed by atoms with Crippen molar-refractivity contribution in [1.82, 2.24) is 0 Å². The average molecular weight is 302 g/mol. The van der Waals surface area contributed by atoms with Gasteiger partial charge in [-0.3, -0.25) is 5.01 Å². The number of rotatable bonds is 3. The Kier molecular flexibility index (Phi) is 3.85. The smallest absolute Gasteiger partial charge is 0.263 e. The minimum absolute atomic E-state index is 0.00640. The van der Waals surface area contributed by atoms with Crippen molar-refractivity contribution in [3.05, 3.63) is 23.2 Å². The summed E-state index contributed by atoms with van der Waals surface area (Å²) in [6.07, 6.45) is 1.54. The quantitative estimate of drug-likeness (QED) is 0.871. The zero-order valence-electron chi connectivity index (χ0n) is 10.8. The number of sulfonamides is 1. The van der Waals surface area contributed by atoms with Crippen LogP contribution in [0, 0.1) is 5.92 Å². The monoisotopic (exact) mass is 301 g/mol. The molecule has 19 heavy (non-hydrogen) atoms. The summed E-state index contributed by atoms with van der Waals surface area (Å²) in [5.74, 6) is 6.39. The normalized spacial score (nSPS) is 17.3. The highest BCUT2D eigenvalue weighted by atomic mass is 35.5. The van der Waals surface area contributed by atoms with Crippen molar-refractivity contribution in [2.45, 2.75) is 31.6 Å². The molecule has 0 amide bonds. The summed E-state index contributed by atoms with van der Waals surface area (Å²) in [5, 5.41) is 1.77. The SMILES string of the molecule is CCC(CC)C1=NS(=O)(=O)c2ccc(Cl)cc2N1N. The van der Waals surface area contributed by atoms with Gasteiger partial charge in [0.25, 0.3) is 10.0 Å². The summed E-state index contributed by atoms with van der Waals surface area (Å²) in [4.78, 5) is 0.0918. The molecule has 2 rings (SSSR count). The van der Waals surface area contributed by atoms with Gasteiger partial charge in [-0.2, -0.15) is 8.42 Å². The number of hydrogen-bond donors (Lipinski definition) is 1. The van der Waals surface area contributed by atoms with Crippen LogP contribution in [0.25, 0.3) is 0 Å². The predicted octanol–water partition coefficient (Wildman–Crippen LogP) is 2.56. The maximum Gasteiger partial charge on any atom is 0.286 e. The molecule has 0 saturated carbocycles. The van der Waals surface area contributed by atoms with Gasteiger partial charge >= 0.3 is 0 Å². The maximum atomic E-state index is 12.2. The summed E-state index contributed by atoms with van der Waals surface area (Å²) < 4.78 is 28.2.